The molecule has 1 amide bonds. The van der Waals surface area contributed by atoms with E-state index < -0.39 is 5.97 Å². The first-order chi connectivity index (χ1) is 8.45. The number of rotatable bonds is 5. The molecule has 0 radical (unpaired) electrons. The van der Waals surface area contributed by atoms with Gasteiger partial charge in [0, 0.05) is 13.6 Å². The predicted octanol–water partition coefficient (Wildman–Crippen LogP) is 1.90. The third kappa shape index (κ3) is 3.55. The van der Waals surface area contributed by atoms with Crippen molar-refractivity contribution in [3.8, 4) is 0 Å². The minimum absolute atomic E-state index is 0.113. The van der Waals surface area contributed by atoms with Crippen molar-refractivity contribution in [1.82, 2.24) is 9.88 Å². The van der Waals surface area contributed by atoms with Gasteiger partial charge in [-0.3, -0.25) is 4.79 Å². The fourth-order valence-electron chi connectivity index (χ4n) is 1.55. The number of nitrogens with zero attached hydrogens (tertiary/aromatic N) is 2. The van der Waals surface area contributed by atoms with E-state index in [1.165, 1.54) is 18.2 Å². The minimum atomic E-state index is -1.13. The van der Waals surface area contributed by atoms with Crippen LogP contribution in [0.4, 0.5) is 0 Å². The van der Waals surface area contributed by atoms with E-state index in [1.807, 2.05) is 0 Å². The fraction of sp³-hybridized carbons (Fsp3) is 0.462. The number of carbonyl (C=O) groups is 2. The van der Waals surface area contributed by atoms with Gasteiger partial charge in [0.15, 0.2) is 0 Å². The smallest absolute Gasteiger partial charge is 0.354 e. The van der Waals surface area contributed by atoms with Crippen LogP contribution in [0.25, 0.3) is 0 Å². The first kappa shape index (κ1) is 14.2. The lowest BCUT2D eigenvalue weighted by Gasteiger charge is -2.20. The van der Waals surface area contributed by atoms with E-state index in [9.17, 15) is 9.59 Å². The minimum Gasteiger partial charge on any atom is -0.477 e. The van der Waals surface area contributed by atoms with Crippen molar-refractivity contribution in [1.29, 1.82) is 0 Å². The summed E-state index contributed by atoms with van der Waals surface area (Å²) in [7, 11) is 1.70. The van der Waals surface area contributed by atoms with E-state index >= 15 is 0 Å². The Morgan fingerprint density at radius 3 is 2.56 bits per heavy atom. The maximum absolute atomic E-state index is 12.0. The summed E-state index contributed by atoms with van der Waals surface area (Å²) in [6.07, 6.45) is 0.986. The van der Waals surface area contributed by atoms with E-state index in [4.69, 9.17) is 5.11 Å². The molecule has 0 fully saturated rings. The van der Waals surface area contributed by atoms with Gasteiger partial charge in [0.1, 0.15) is 11.4 Å². The first-order valence-corrected chi connectivity index (χ1v) is 5.91. The molecule has 98 valence electrons. The van der Waals surface area contributed by atoms with Gasteiger partial charge in [0.2, 0.25) is 0 Å². The Labute approximate surface area is 106 Å². The molecule has 1 aromatic heterocycles. The number of hydrogen-bond acceptors (Lipinski definition) is 3. The average molecular weight is 250 g/mol. The molecular weight excluding hydrogens is 232 g/mol. The zero-order valence-electron chi connectivity index (χ0n) is 10.9. The molecule has 0 aliphatic rings. The first-order valence-electron chi connectivity index (χ1n) is 5.91. The van der Waals surface area contributed by atoms with Crippen molar-refractivity contribution in [2.75, 3.05) is 13.6 Å². The highest BCUT2D eigenvalue weighted by molar-refractivity contribution is 5.94. The van der Waals surface area contributed by atoms with Crippen LogP contribution < -0.4 is 0 Å². The molecule has 0 saturated carbocycles. The fourth-order valence-corrected chi connectivity index (χ4v) is 1.55. The van der Waals surface area contributed by atoms with Crippen LogP contribution in [-0.2, 0) is 0 Å². The summed E-state index contributed by atoms with van der Waals surface area (Å²) in [6, 6.07) is 4.43. The van der Waals surface area contributed by atoms with Crippen molar-refractivity contribution in [2.24, 2.45) is 5.92 Å². The van der Waals surface area contributed by atoms with Crippen LogP contribution in [0.5, 0.6) is 0 Å². The van der Waals surface area contributed by atoms with Crippen LogP contribution in [0, 0.1) is 5.92 Å². The second-order valence-corrected chi connectivity index (χ2v) is 4.41. The van der Waals surface area contributed by atoms with Crippen LogP contribution in [-0.4, -0.2) is 40.5 Å². The molecule has 1 rings (SSSR count). The number of aromatic nitrogens is 1. The van der Waals surface area contributed by atoms with Gasteiger partial charge in [0.05, 0.1) is 0 Å². The molecule has 0 saturated heterocycles. The third-order valence-corrected chi connectivity index (χ3v) is 2.82. The molecule has 1 N–H and O–H groups in total. The number of carbonyl (C=O) groups excluding carboxylic acids is 1. The second-order valence-electron chi connectivity index (χ2n) is 4.41. The Hall–Kier alpha value is -1.91. The Balaban J connectivity index is 2.83. The normalized spacial score (nSPS) is 11.9. The van der Waals surface area contributed by atoms with Gasteiger partial charge in [0.25, 0.3) is 5.91 Å². The average Bonchev–Trinajstić information content (AvgIpc) is 2.37. The van der Waals surface area contributed by atoms with Gasteiger partial charge in [-0.1, -0.05) is 26.3 Å². The molecule has 5 heteroatoms. The number of carboxylic acid groups (broad SMARTS) is 1. The zero-order chi connectivity index (χ0) is 13.7. The summed E-state index contributed by atoms with van der Waals surface area (Å²) in [4.78, 5) is 28.2. The number of aromatic carboxylic acids is 1. The lowest BCUT2D eigenvalue weighted by Crippen LogP contribution is -2.31. The number of amides is 1. The molecule has 1 heterocycles. The molecule has 0 aliphatic carbocycles. The molecule has 18 heavy (non-hydrogen) atoms. The van der Waals surface area contributed by atoms with Gasteiger partial charge in [-0.05, 0) is 18.1 Å². The van der Waals surface area contributed by atoms with Crippen LogP contribution in [0.2, 0.25) is 0 Å². The molecular formula is C13H18N2O3. The molecule has 5 nitrogen and oxygen atoms in total. The van der Waals surface area contributed by atoms with Gasteiger partial charge < -0.3 is 10.0 Å². The number of hydrogen-bond donors (Lipinski definition) is 1. The van der Waals surface area contributed by atoms with Gasteiger partial charge in [-0.25, -0.2) is 9.78 Å². The Morgan fingerprint density at radius 1 is 1.39 bits per heavy atom. The summed E-state index contributed by atoms with van der Waals surface area (Å²) >= 11 is 0. The molecule has 0 aliphatic heterocycles. The summed E-state index contributed by atoms with van der Waals surface area (Å²) in [5.41, 5.74) is 0.0542. The predicted molar refractivity (Wildman–Crippen MR) is 67.6 cm³/mol. The highest BCUT2D eigenvalue weighted by Gasteiger charge is 2.16. The van der Waals surface area contributed by atoms with E-state index in [0.29, 0.717) is 12.5 Å². The van der Waals surface area contributed by atoms with Crippen molar-refractivity contribution >= 4 is 11.9 Å². The Morgan fingerprint density at radius 2 is 2.00 bits per heavy atom. The number of carboxylic acids is 1. The Kier molecular flexibility index (Phi) is 4.83. The van der Waals surface area contributed by atoms with Crippen molar-refractivity contribution in [2.45, 2.75) is 20.3 Å². The molecule has 0 aromatic carbocycles. The summed E-state index contributed by atoms with van der Waals surface area (Å²) in [5.74, 6) is -0.978. The lowest BCUT2D eigenvalue weighted by molar-refractivity contribution is 0.0690. The van der Waals surface area contributed by atoms with Crippen LogP contribution in [0.15, 0.2) is 18.2 Å². The molecule has 1 unspecified atom stereocenters. The third-order valence-electron chi connectivity index (χ3n) is 2.82. The largest absolute Gasteiger partial charge is 0.477 e. The monoisotopic (exact) mass is 250 g/mol. The molecule has 1 aromatic rings. The lowest BCUT2D eigenvalue weighted by atomic mass is 10.1. The summed E-state index contributed by atoms with van der Waals surface area (Å²) in [5, 5.41) is 8.83. The highest BCUT2D eigenvalue weighted by Crippen LogP contribution is 2.07. The Bertz CT molecular complexity index is 446. The van der Waals surface area contributed by atoms with E-state index in [1.54, 1.807) is 11.9 Å². The van der Waals surface area contributed by atoms with Gasteiger partial charge >= 0.3 is 5.97 Å². The second kappa shape index (κ2) is 6.14. The van der Waals surface area contributed by atoms with Crippen LogP contribution in [0.1, 0.15) is 41.2 Å². The van der Waals surface area contributed by atoms with E-state index in [2.05, 4.69) is 18.8 Å². The van der Waals surface area contributed by atoms with E-state index in [-0.39, 0.29) is 17.3 Å². The van der Waals surface area contributed by atoms with Gasteiger partial charge in [-0.2, -0.15) is 0 Å². The quantitative estimate of drug-likeness (QED) is 0.866. The molecule has 0 bridgehead atoms. The maximum atomic E-state index is 12.0. The van der Waals surface area contributed by atoms with Crippen molar-refractivity contribution in [3.05, 3.63) is 29.6 Å². The van der Waals surface area contributed by atoms with Crippen molar-refractivity contribution < 1.29 is 14.7 Å². The summed E-state index contributed by atoms with van der Waals surface area (Å²) in [6.45, 7) is 4.76. The standard InChI is InChI=1S/C13H18N2O3/c1-4-9(2)8-15(3)12(16)10-6-5-7-11(14-10)13(17)18/h5-7,9H,4,8H2,1-3H3,(H,17,18). The zero-order valence-corrected chi connectivity index (χ0v) is 10.9. The van der Waals surface area contributed by atoms with Gasteiger partial charge in [-0.15, -0.1) is 0 Å². The molecule has 0 spiro atoms. The van der Waals surface area contributed by atoms with Crippen LogP contribution in [0.3, 0.4) is 0 Å². The summed E-state index contributed by atoms with van der Waals surface area (Å²) < 4.78 is 0. The van der Waals surface area contributed by atoms with E-state index in [0.717, 1.165) is 6.42 Å². The van der Waals surface area contributed by atoms with Crippen molar-refractivity contribution in [3.63, 3.8) is 0 Å². The topological polar surface area (TPSA) is 70.5 Å². The maximum Gasteiger partial charge on any atom is 0.354 e. The molecule has 1 atom stereocenters. The SMILES string of the molecule is CCC(C)CN(C)C(=O)c1cccc(C(=O)O)n1. The highest BCUT2D eigenvalue weighted by atomic mass is 16.4. The van der Waals surface area contributed by atoms with Crippen LogP contribution >= 0.6 is 0 Å². The number of pyridine rings is 1.